The molecule has 1 N–H and O–H groups in total. The second-order valence-electron chi connectivity index (χ2n) is 7.31. The highest BCUT2D eigenvalue weighted by Gasteiger charge is 2.28. The Morgan fingerprint density at radius 3 is 2.22 bits per heavy atom. The fraction of sp³-hybridized carbons (Fsp3) is 0.938. The first kappa shape index (κ1) is 18.7. The molecule has 0 atom stereocenters. The van der Waals surface area contributed by atoms with Gasteiger partial charge in [-0.3, -0.25) is 9.69 Å². The van der Waals surface area contributed by atoms with Gasteiger partial charge in [-0.25, -0.2) is 12.7 Å². The lowest BCUT2D eigenvalue weighted by Crippen LogP contribution is -2.49. The summed E-state index contributed by atoms with van der Waals surface area (Å²) >= 11 is 0. The molecule has 2 rings (SSSR count). The molecule has 23 heavy (non-hydrogen) atoms. The van der Waals surface area contributed by atoms with E-state index in [1.54, 1.807) is 7.05 Å². The topological polar surface area (TPSA) is 69.7 Å². The van der Waals surface area contributed by atoms with Crippen molar-refractivity contribution in [3.63, 3.8) is 0 Å². The van der Waals surface area contributed by atoms with Crippen molar-refractivity contribution in [3.05, 3.63) is 0 Å². The molecule has 7 heteroatoms. The van der Waals surface area contributed by atoms with Crippen molar-refractivity contribution in [2.45, 2.75) is 57.5 Å². The van der Waals surface area contributed by atoms with Crippen LogP contribution < -0.4 is 5.32 Å². The number of rotatable bonds is 5. The summed E-state index contributed by atoms with van der Waals surface area (Å²) in [7, 11) is -1.49. The summed E-state index contributed by atoms with van der Waals surface area (Å²) < 4.78 is 24.6. The van der Waals surface area contributed by atoms with E-state index in [-0.39, 0.29) is 11.9 Å². The molecule has 0 spiro atoms. The molecule has 1 aliphatic heterocycles. The molecular formula is C16H31N3O3S. The van der Waals surface area contributed by atoms with Crippen molar-refractivity contribution in [3.8, 4) is 0 Å². The van der Waals surface area contributed by atoms with Gasteiger partial charge in [0.25, 0.3) is 0 Å². The van der Waals surface area contributed by atoms with Crippen LogP contribution in [0.25, 0.3) is 0 Å². The lowest BCUT2D eigenvalue weighted by molar-refractivity contribution is -0.123. The molecule has 0 unspecified atom stereocenters. The van der Waals surface area contributed by atoms with E-state index in [0.29, 0.717) is 12.6 Å². The maximum Gasteiger partial charge on any atom is 0.234 e. The molecule has 1 aliphatic carbocycles. The van der Waals surface area contributed by atoms with Gasteiger partial charge in [-0.15, -0.1) is 0 Å². The van der Waals surface area contributed by atoms with E-state index in [1.165, 1.54) is 23.4 Å². The highest BCUT2D eigenvalue weighted by Crippen LogP contribution is 2.23. The number of nitrogens with one attached hydrogen (secondary N) is 1. The van der Waals surface area contributed by atoms with Crippen LogP contribution in [0.15, 0.2) is 0 Å². The number of likely N-dealkylation sites (tertiary alicyclic amines) is 1. The number of amides is 1. The highest BCUT2D eigenvalue weighted by atomic mass is 32.2. The molecule has 1 saturated carbocycles. The highest BCUT2D eigenvalue weighted by molar-refractivity contribution is 7.88. The number of carbonyl (C=O) groups excluding carboxylic acids is 1. The van der Waals surface area contributed by atoms with E-state index in [2.05, 4.69) is 17.1 Å². The van der Waals surface area contributed by atoms with Gasteiger partial charge < -0.3 is 5.32 Å². The van der Waals surface area contributed by atoms with E-state index >= 15 is 0 Å². The zero-order chi connectivity index (χ0) is 17.0. The average molecular weight is 346 g/mol. The monoisotopic (exact) mass is 345 g/mol. The first-order valence-electron chi connectivity index (χ1n) is 8.70. The van der Waals surface area contributed by atoms with Crippen LogP contribution >= 0.6 is 0 Å². The van der Waals surface area contributed by atoms with Crippen LogP contribution in [-0.2, 0) is 14.8 Å². The molecule has 0 aromatic rings. The van der Waals surface area contributed by atoms with Crippen LogP contribution in [0.1, 0.15) is 45.4 Å². The summed E-state index contributed by atoms with van der Waals surface area (Å²) in [5, 5.41) is 3.16. The summed E-state index contributed by atoms with van der Waals surface area (Å²) in [5.41, 5.74) is 0. The van der Waals surface area contributed by atoms with Gasteiger partial charge in [-0.1, -0.05) is 6.92 Å². The lowest BCUT2D eigenvalue weighted by atomic mass is 9.87. The Labute approximate surface area is 140 Å². The zero-order valence-corrected chi connectivity index (χ0v) is 15.4. The van der Waals surface area contributed by atoms with Crippen LogP contribution in [0, 0.1) is 5.92 Å². The minimum absolute atomic E-state index is 0.0594. The molecule has 134 valence electrons. The zero-order valence-electron chi connectivity index (χ0n) is 14.6. The van der Waals surface area contributed by atoms with Crippen molar-refractivity contribution >= 4 is 15.9 Å². The summed E-state index contributed by atoms with van der Waals surface area (Å²) in [5.74, 6) is 0.897. The Kier molecular flexibility index (Phi) is 6.45. The van der Waals surface area contributed by atoms with Crippen molar-refractivity contribution in [2.24, 2.45) is 5.92 Å². The fourth-order valence-corrected chi connectivity index (χ4v) is 4.35. The first-order valence-corrected chi connectivity index (χ1v) is 10.5. The standard InChI is InChI=1S/C16H31N3O3S/c1-13-4-6-14(7-5-13)17-16(20)12-19-10-8-15(9-11-19)18(2)23(3,21)22/h13-15H,4-12H2,1-3H3,(H,17,20). The molecule has 1 amide bonds. The smallest absolute Gasteiger partial charge is 0.234 e. The van der Waals surface area contributed by atoms with Crippen molar-refractivity contribution in [2.75, 3.05) is 32.9 Å². The Morgan fingerprint density at radius 2 is 1.70 bits per heavy atom. The predicted octanol–water partition coefficient (Wildman–Crippen LogP) is 1.04. The molecule has 2 aliphatic rings. The minimum Gasteiger partial charge on any atom is -0.352 e. The van der Waals surface area contributed by atoms with Gasteiger partial charge in [0.05, 0.1) is 12.8 Å². The van der Waals surface area contributed by atoms with E-state index in [0.717, 1.165) is 44.7 Å². The number of carbonyl (C=O) groups is 1. The van der Waals surface area contributed by atoms with Gasteiger partial charge in [-0.05, 0) is 44.4 Å². The molecule has 1 heterocycles. The van der Waals surface area contributed by atoms with Gasteiger partial charge in [0, 0.05) is 32.2 Å². The molecule has 0 bridgehead atoms. The van der Waals surface area contributed by atoms with Gasteiger partial charge in [-0.2, -0.15) is 0 Å². The maximum atomic E-state index is 12.2. The third-order valence-electron chi connectivity index (χ3n) is 5.34. The Hall–Kier alpha value is -0.660. The largest absolute Gasteiger partial charge is 0.352 e. The SMILES string of the molecule is CC1CCC(NC(=O)CN2CCC(N(C)S(C)(=O)=O)CC2)CC1. The third kappa shape index (κ3) is 5.72. The molecule has 2 fully saturated rings. The van der Waals surface area contributed by atoms with Crippen molar-refractivity contribution in [1.29, 1.82) is 0 Å². The van der Waals surface area contributed by atoms with Crippen LogP contribution in [0.5, 0.6) is 0 Å². The summed E-state index contributed by atoms with van der Waals surface area (Å²) in [6.45, 7) is 4.26. The van der Waals surface area contributed by atoms with E-state index in [4.69, 9.17) is 0 Å². The maximum absolute atomic E-state index is 12.2. The third-order valence-corrected chi connectivity index (χ3v) is 6.69. The molecule has 0 radical (unpaired) electrons. The van der Waals surface area contributed by atoms with Gasteiger partial charge in [0.15, 0.2) is 0 Å². The minimum atomic E-state index is -3.13. The number of sulfonamides is 1. The van der Waals surface area contributed by atoms with Gasteiger partial charge in [0.2, 0.25) is 15.9 Å². The molecular weight excluding hydrogens is 314 g/mol. The van der Waals surface area contributed by atoms with Crippen LogP contribution in [0.4, 0.5) is 0 Å². The quantitative estimate of drug-likeness (QED) is 0.808. The van der Waals surface area contributed by atoms with Crippen LogP contribution in [0.2, 0.25) is 0 Å². The van der Waals surface area contributed by atoms with Crippen molar-refractivity contribution in [1.82, 2.24) is 14.5 Å². The number of hydrogen-bond donors (Lipinski definition) is 1. The summed E-state index contributed by atoms with van der Waals surface area (Å²) in [6, 6.07) is 0.400. The molecule has 1 saturated heterocycles. The Morgan fingerprint density at radius 1 is 1.13 bits per heavy atom. The second kappa shape index (κ2) is 7.94. The van der Waals surface area contributed by atoms with Gasteiger partial charge in [0.1, 0.15) is 0 Å². The van der Waals surface area contributed by atoms with E-state index < -0.39 is 10.0 Å². The fourth-order valence-electron chi connectivity index (χ4n) is 3.59. The summed E-state index contributed by atoms with van der Waals surface area (Å²) in [6.07, 6.45) is 7.41. The molecule has 6 nitrogen and oxygen atoms in total. The van der Waals surface area contributed by atoms with Crippen LogP contribution in [-0.4, -0.2) is 68.6 Å². The van der Waals surface area contributed by atoms with Crippen molar-refractivity contribution < 1.29 is 13.2 Å². The summed E-state index contributed by atoms with van der Waals surface area (Å²) in [4.78, 5) is 14.3. The van der Waals surface area contributed by atoms with Crippen LogP contribution in [0.3, 0.4) is 0 Å². The molecule has 0 aromatic carbocycles. The number of piperidine rings is 1. The van der Waals surface area contributed by atoms with E-state index in [1.807, 2.05) is 0 Å². The number of nitrogens with zero attached hydrogens (tertiary/aromatic N) is 2. The first-order chi connectivity index (χ1) is 10.8. The Balaban J connectivity index is 1.70. The van der Waals surface area contributed by atoms with E-state index in [9.17, 15) is 13.2 Å². The normalized spacial score (nSPS) is 28.0. The lowest BCUT2D eigenvalue weighted by Gasteiger charge is -2.35. The molecule has 0 aromatic heterocycles. The van der Waals surface area contributed by atoms with Gasteiger partial charge >= 0.3 is 0 Å². The second-order valence-corrected chi connectivity index (χ2v) is 9.35. The Bertz CT molecular complexity index is 493. The number of hydrogen-bond acceptors (Lipinski definition) is 4. The average Bonchev–Trinajstić information content (AvgIpc) is 2.49. The predicted molar refractivity (Wildman–Crippen MR) is 91.6 cm³/mol.